The molecule has 5 N–H and O–H groups in total. The molecule has 0 aliphatic carbocycles. The van der Waals surface area contributed by atoms with E-state index < -0.39 is 98.0 Å². The van der Waals surface area contributed by atoms with Crippen molar-refractivity contribution in [3.05, 3.63) is 160 Å². The van der Waals surface area contributed by atoms with Gasteiger partial charge in [-0.3, -0.25) is 14.4 Å². The predicted octanol–water partition coefficient (Wildman–Crippen LogP) is 12.6. The maximum absolute atomic E-state index is 14.3. The van der Waals surface area contributed by atoms with E-state index in [1.54, 1.807) is 36.4 Å². The Hall–Kier alpha value is -8.12. The van der Waals surface area contributed by atoms with E-state index >= 15 is 0 Å². The van der Waals surface area contributed by atoms with Crippen LogP contribution in [0.1, 0.15) is 74.1 Å². The monoisotopic (exact) mass is 1070 g/mol. The smallest absolute Gasteiger partial charge is 0.430 e. The van der Waals surface area contributed by atoms with E-state index in [-0.39, 0.29) is 65.1 Å². The summed E-state index contributed by atoms with van der Waals surface area (Å²) in [4.78, 5) is 49.1. The Morgan fingerprint density at radius 2 is 0.907 bits per heavy atom. The standard InChI is InChI=1S/C51H38F12N2O10/c1-26(67)40-23-38(14-16-42(40)73-25-66)75-36-11-7-30(8-12-36)45(2,3)29-5-9-35(10-6-29)74-37-13-15-39(44(69)70)41(24-37)43(68)65-34-20-28(18-32(22-34)47(72,50(58,59)60)51(61,62)63)27-17-31(21-33(19-27)64-4)46(71,48(52,53)54)49(55,56)57/h5-25,64,71-72H,1-4H3,(H,65,68)(H,69,70). The molecule has 0 aliphatic rings. The number of aromatic carboxylic acids is 1. The first-order chi connectivity index (χ1) is 34.7. The van der Waals surface area contributed by atoms with Crippen LogP contribution in [0.2, 0.25) is 0 Å². The number of alkyl halides is 12. The van der Waals surface area contributed by atoms with Gasteiger partial charge >= 0.3 is 30.7 Å². The number of anilines is 2. The molecule has 0 heterocycles. The lowest BCUT2D eigenvalue weighted by molar-refractivity contribution is -0.376. The second kappa shape index (κ2) is 20.3. The number of ketones is 1. The van der Waals surface area contributed by atoms with Crippen LogP contribution in [-0.2, 0) is 21.4 Å². The molecule has 0 atom stereocenters. The highest BCUT2D eigenvalue weighted by atomic mass is 19.4. The number of amides is 1. The van der Waals surface area contributed by atoms with Crippen molar-refractivity contribution in [1.29, 1.82) is 0 Å². The minimum Gasteiger partial charge on any atom is -0.478 e. The molecule has 0 radical (unpaired) electrons. The van der Waals surface area contributed by atoms with Crippen molar-refractivity contribution in [1.82, 2.24) is 0 Å². The average molecular weight is 1070 g/mol. The van der Waals surface area contributed by atoms with Crippen molar-refractivity contribution in [3.8, 4) is 39.9 Å². The molecule has 0 fully saturated rings. The number of nitrogens with one attached hydrogen (secondary N) is 2. The number of halogens is 12. The highest BCUT2D eigenvalue weighted by Crippen LogP contribution is 2.53. The molecule has 0 spiro atoms. The molecule has 0 unspecified atom stereocenters. The molecular weight excluding hydrogens is 1030 g/mol. The Labute approximate surface area is 416 Å². The molecule has 0 bridgehead atoms. The first kappa shape index (κ1) is 56.2. The second-order valence-electron chi connectivity index (χ2n) is 17.0. The molecule has 0 aliphatic heterocycles. The van der Waals surface area contributed by atoms with E-state index in [4.69, 9.17) is 14.2 Å². The predicted molar refractivity (Wildman–Crippen MR) is 243 cm³/mol. The van der Waals surface area contributed by atoms with Crippen LogP contribution in [0.5, 0.6) is 28.7 Å². The number of carboxylic acids is 1. The summed E-state index contributed by atoms with van der Waals surface area (Å²) in [7, 11) is 0.956. The lowest BCUT2D eigenvalue weighted by atomic mass is 9.78. The van der Waals surface area contributed by atoms with Crippen molar-refractivity contribution in [2.75, 3.05) is 17.7 Å². The second-order valence-corrected chi connectivity index (χ2v) is 17.0. The summed E-state index contributed by atoms with van der Waals surface area (Å²) in [6, 6.07) is 21.5. The zero-order valence-corrected chi connectivity index (χ0v) is 38.9. The number of carboxylic acid groups (broad SMARTS) is 1. The molecule has 12 nitrogen and oxygen atoms in total. The van der Waals surface area contributed by atoms with Crippen molar-refractivity contribution in [2.45, 2.75) is 62.1 Å². The molecule has 0 saturated heterocycles. The van der Waals surface area contributed by atoms with Crippen molar-refractivity contribution in [3.63, 3.8) is 0 Å². The quantitative estimate of drug-likeness (QED) is 0.0354. The van der Waals surface area contributed by atoms with E-state index in [1.165, 1.54) is 37.3 Å². The van der Waals surface area contributed by atoms with Gasteiger partial charge in [-0.25, -0.2) is 4.79 Å². The normalized spacial score (nSPS) is 12.7. The number of carbonyl (C=O) groups excluding carboxylic acids is 3. The molecule has 396 valence electrons. The van der Waals surface area contributed by atoms with Crippen LogP contribution in [0.4, 0.5) is 64.1 Å². The van der Waals surface area contributed by atoms with Gasteiger partial charge in [-0.2, -0.15) is 52.7 Å². The fourth-order valence-corrected chi connectivity index (χ4v) is 7.68. The average Bonchev–Trinajstić information content (AvgIpc) is 3.32. The maximum Gasteiger partial charge on any atom is 0.430 e. The Morgan fingerprint density at radius 1 is 0.507 bits per heavy atom. The minimum absolute atomic E-state index is 0.0387. The number of hydrogen-bond acceptors (Lipinski definition) is 10. The minimum atomic E-state index is -6.62. The molecule has 0 aromatic heterocycles. The van der Waals surface area contributed by atoms with Gasteiger partial charge in [0.1, 0.15) is 28.7 Å². The molecule has 24 heteroatoms. The third kappa shape index (κ3) is 11.2. The van der Waals surface area contributed by atoms with Gasteiger partial charge < -0.3 is 40.2 Å². The Morgan fingerprint density at radius 3 is 1.31 bits per heavy atom. The van der Waals surface area contributed by atoms with Gasteiger partial charge in [0.2, 0.25) is 0 Å². The summed E-state index contributed by atoms with van der Waals surface area (Å²) in [5.74, 6) is -3.11. The Kier molecular flexibility index (Phi) is 15.2. The Bertz CT molecular complexity index is 3120. The number of carbonyl (C=O) groups is 4. The first-order valence-electron chi connectivity index (χ1n) is 21.4. The van der Waals surface area contributed by atoms with Crippen LogP contribution in [0.25, 0.3) is 11.1 Å². The molecule has 6 aromatic rings. The topological polar surface area (TPSA) is 181 Å². The van der Waals surface area contributed by atoms with Gasteiger partial charge in [-0.05, 0) is 126 Å². The summed E-state index contributed by atoms with van der Waals surface area (Å²) in [6.45, 7) is 5.26. The van der Waals surface area contributed by atoms with Crippen LogP contribution in [0.3, 0.4) is 0 Å². The van der Waals surface area contributed by atoms with Crippen molar-refractivity contribution < 1.29 is 101 Å². The van der Waals surface area contributed by atoms with Crippen LogP contribution in [0, 0.1) is 0 Å². The fraction of sp³-hybridized carbons (Fsp3) is 0.216. The number of benzene rings is 6. The molecule has 6 rings (SSSR count). The molecule has 1 amide bonds. The van der Waals surface area contributed by atoms with Crippen LogP contribution in [0.15, 0.2) is 121 Å². The molecule has 6 aromatic carbocycles. The van der Waals surface area contributed by atoms with Crippen molar-refractivity contribution in [2.24, 2.45) is 0 Å². The number of ether oxygens (including phenoxy) is 3. The summed E-state index contributed by atoms with van der Waals surface area (Å²) in [6.07, 6.45) is -26.3. The van der Waals surface area contributed by atoms with E-state index in [0.29, 0.717) is 17.9 Å². The van der Waals surface area contributed by atoms with Gasteiger partial charge in [-0.1, -0.05) is 38.1 Å². The molecule has 0 saturated carbocycles. The summed E-state index contributed by atoms with van der Waals surface area (Å²) in [5, 5.41) is 34.5. The van der Waals surface area contributed by atoms with E-state index in [0.717, 1.165) is 36.4 Å². The van der Waals surface area contributed by atoms with E-state index in [2.05, 4.69) is 5.32 Å². The largest absolute Gasteiger partial charge is 0.478 e. The summed E-state index contributed by atoms with van der Waals surface area (Å²) in [5.41, 5.74) is -20.2. The fourth-order valence-electron chi connectivity index (χ4n) is 7.68. The van der Waals surface area contributed by atoms with E-state index in [9.17, 15) is 87.2 Å². The Balaban J connectivity index is 1.32. The highest BCUT2D eigenvalue weighted by molar-refractivity contribution is 6.11. The summed E-state index contributed by atoms with van der Waals surface area (Å²) >= 11 is 0. The third-order valence-corrected chi connectivity index (χ3v) is 11.8. The maximum atomic E-state index is 14.3. The van der Waals surface area contributed by atoms with Crippen molar-refractivity contribution >= 4 is 35.5 Å². The van der Waals surface area contributed by atoms with Crippen LogP contribution in [-0.4, -0.2) is 71.2 Å². The van der Waals surface area contributed by atoms with Gasteiger partial charge in [0, 0.05) is 35.0 Å². The zero-order valence-electron chi connectivity index (χ0n) is 38.9. The van der Waals surface area contributed by atoms with E-state index in [1.807, 2.05) is 19.2 Å². The lowest BCUT2D eigenvalue weighted by Crippen LogP contribution is -2.54. The van der Waals surface area contributed by atoms with Gasteiger partial charge in [0.15, 0.2) is 5.78 Å². The van der Waals surface area contributed by atoms with Crippen LogP contribution < -0.4 is 24.8 Å². The first-order valence-corrected chi connectivity index (χ1v) is 21.4. The zero-order chi connectivity index (χ0) is 55.9. The van der Waals surface area contributed by atoms with Gasteiger partial charge in [0.05, 0.1) is 16.7 Å². The molecule has 75 heavy (non-hydrogen) atoms. The SMILES string of the molecule is CNc1cc(-c2cc(NC(=O)c3cc(Oc4ccc(C(C)(C)c5ccc(Oc6ccc(OC=O)c(C(C)=O)c6)cc5)cc4)ccc3C(=O)O)cc(C(O)(C(F)(F)F)C(F)(F)F)c2)cc(C(O)(C(F)(F)F)C(F)(F)F)c1. The van der Waals surface area contributed by atoms with Gasteiger partial charge in [-0.15, -0.1) is 0 Å². The molecular formula is C51H38F12N2O10. The number of aliphatic hydroxyl groups is 2. The number of Topliss-reactive ketones (excluding diaryl/α,β-unsaturated/α-hetero) is 1. The summed E-state index contributed by atoms with van der Waals surface area (Å²) < 4.78 is 186. The number of rotatable bonds is 16. The van der Waals surface area contributed by atoms with Crippen LogP contribution >= 0.6 is 0 Å². The highest BCUT2D eigenvalue weighted by Gasteiger charge is 2.72. The van der Waals surface area contributed by atoms with Gasteiger partial charge in [0.25, 0.3) is 23.6 Å². The lowest BCUT2D eigenvalue weighted by Gasteiger charge is -2.34. The number of hydrogen-bond donors (Lipinski definition) is 5. The third-order valence-electron chi connectivity index (χ3n) is 11.8.